The van der Waals surface area contributed by atoms with Crippen molar-refractivity contribution in [2.45, 2.75) is 29.5 Å². The van der Waals surface area contributed by atoms with Crippen molar-refractivity contribution in [1.82, 2.24) is 14.9 Å². The van der Waals surface area contributed by atoms with Gasteiger partial charge < -0.3 is 14.6 Å². The van der Waals surface area contributed by atoms with E-state index < -0.39 is 32.9 Å². The summed E-state index contributed by atoms with van der Waals surface area (Å²) >= 11 is 0. The van der Waals surface area contributed by atoms with Crippen molar-refractivity contribution in [3.63, 3.8) is 0 Å². The molecule has 0 aliphatic rings. The number of imidazole rings is 1. The van der Waals surface area contributed by atoms with E-state index in [2.05, 4.69) is 10.3 Å². The molecule has 164 valence electrons. The zero-order valence-electron chi connectivity index (χ0n) is 17.4. The van der Waals surface area contributed by atoms with Gasteiger partial charge in [0.25, 0.3) is 0 Å². The fourth-order valence-corrected chi connectivity index (χ4v) is 4.64. The number of carbonyl (C=O) groups excluding carboxylic acids is 1. The molecule has 0 fully saturated rings. The van der Waals surface area contributed by atoms with E-state index in [9.17, 15) is 17.6 Å². The maximum Gasteiger partial charge on any atom is 0.222 e. The number of sulfone groups is 1. The molecular weight excluding hydrogens is 421 g/mol. The summed E-state index contributed by atoms with van der Waals surface area (Å²) in [5.74, 6) is 0.158. The number of halogens is 1. The van der Waals surface area contributed by atoms with Gasteiger partial charge in [0.2, 0.25) is 5.91 Å². The van der Waals surface area contributed by atoms with E-state index in [4.69, 9.17) is 4.74 Å². The molecule has 1 amide bonds. The number of hydrogen-bond acceptors (Lipinski definition) is 5. The molecule has 0 spiro atoms. The minimum Gasteiger partial charge on any atom is -0.496 e. The number of para-hydroxylation sites is 1. The molecule has 3 rings (SSSR count). The van der Waals surface area contributed by atoms with Crippen LogP contribution in [0.5, 0.6) is 5.75 Å². The van der Waals surface area contributed by atoms with Crippen LogP contribution in [0.1, 0.15) is 30.8 Å². The molecule has 7 nitrogen and oxygen atoms in total. The van der Waals surface area contributed by atoms with Crippen molar-refractivity contribution < 1.29 is 22.3 Å². The zero-order valence-corrected chi connectivity index (χ0v) is 18.3. The van der Waals surface area contributed by atoms with Crippen LogP contribution in [0.4, 0.5) is 4.39 Å². The molecule has 0 saturated carbocycles. The maximum absolute atomic E-state index is 13.1. The molecule has 2 aromatic carbocycles. The van der Waals surface area contributed by atoms with Gasteiger partial charge in [-0.05, 0) is 37.3 Å². The quantitative estimate of drug-likeness (QED) is 0.539. The van der Waals surface area contributed by atoms with Gasteiger partial charge in [-0.25, -0.2) is 17.8 Å². The minimum absolute atomic E-state index is 0.0282. The Morgan fingerprint density at radius 2 is 1.87 bits per heavy atom. The number of ether oxygens (including phenoxy) is 1. The average Bonchev–Trinajstić information content (AvgIpc) is 3.17. The molecule has 0 radical (unpaired) electrons. The van der Waals surface area contributed by atoms with Crippen molar-refractivity contribution in [2.75, 3.05) is 7.11 Å². The summed E-state index contributed by atoms with van der Waals surface area (Å²) < 4.78 is 45.9. The molecule has 31 heavy (non-hydrogen) atoms. The van der Waals surface area contributed by atoms with Crippen LogP contribution in [0, 0.1) is 5.82 Å². The number of amides is 1. The highest BCUT2D eigenvalue weighted by molar-refractivity contribution is 7.92. The smallest absolute Gasteiger partial charge is 0.222 e. The summed E-state index contributed by atoms with van der Waals surface area (Å²) in [5.41, 5.74) is 0.696. The third-order valence-electron chi connectivity index (χ3n) is 5.02. The van der Waals surface area contributed by atoms with Gasteiger partial charge in [-0.2, -0.15) is 0 Å². The summed E-state index contributed by atoms with van der Waals surface area (Å²) in [6, 6.07) is 11.2. The maximum atomic E-state index is 13.1. The fourth-order valence-electron chi connectivity index (χ4n) is 3.29. The number of rotatable bonds is 8. The Morgan fingerprint density at radius 1 is 1.19 bits per heavy atom. The van der Waals surface area contributed by atoms with E-state index in [1.807, 2.05) is 18.2 Å². The molecule has 1 aromatic heterocycles. The number of nitrogens with zero attached hydrogens (tertiary/aromatic N) is 2. The van der Waals surface area contributed by atoms with E-state index in [1.54, 1.807) is 30.1 Å². The van der Waals surface area contributed by atoms with Crippen LogP contribution >= 0.6 is 0 Å². The van der Waals surface area contributed by atoms with Crippen LogP contribution in [-0.2, 0) is 21.7 Å². The first kappa shape index (κ1) is 22.5. The predicted octanol–water partition coefficient (Wildman–Crippen LogP) is 3.03. The lowest BCUT2D eigenvalue weighted by Gasteiger charge is -2.22. The molecule has 0 aliphatic carbocycles. The highest BCUT2D eigenvalue weighted by Crippen LogP contribution is 2.29. The Bertz CT molecular complexity index is 1160. The van der Waals surface area contributed by atoms with Crippen LogP contribution in [0.15, 0.2) is 65.8 Å². The Hall–Kier alpha value is -3.20. The van der Waals surface area contributed by atoms with Gasteiger partial charge >= 0.3 is 0 Å². The molecule has 0 bridgehead atoms. The standard InChI is InChI=1S/C22H24FN3O4S/c1-15(31(28,29)17-10-8-16(23)9-11-17)14-20(27)25-21(22-24-12-13-26(22)2)18-6-4-5-7-19(18)30-3/h4-13,15,21H,14H2,1-3H3,(H,25,27). The highest BCUT2D eigenvalue weighted by Gasteiger charge is 2.29. The first-order chi connectivity index (χ1) is 14.7. The molecule has 1 heterocycles. The summed E-state index contributed by atoms with van der Waals surface area (Å²) in [5, 5.41) is 1.89. The second-order valence-corrected chi connectivity index (χ2v) is 9.52. The van der Waals surface area contributed by atoms with E-state index in [0.29, 0.717) is 17.1 Å². The topological polar surface area (TPSA) is 90.3 Å². The Labute approximate surface area is 180 Å². The molecule has 2 unspecified atom stereocenters. The van der Waals surface area contributed by atoms with E-state index in [1.165, 1.54) is 26.2 Å². The van der Waals surface area contributed by atoms with Gasteiger partial charge in [-0.3, -0.25) is 4.79 Å². The number of aromatic nitrogens is 2. The monoisotopic (exact) mass is 445 g/mol. The summed E-state index contributed by atoms with van der Waals surface area (Å²) in [7, 11) is -0.460. The third kappa shape index (κ3) is 4.93. The van der Waals surface area contributed by atoms with Crippen LogP contribution in [-0.4, -0.2) is 36.2 Å². The van der Waals surface area contributed by atoms with Gasteiger partial charge in [0.05, 0.1) is 17.3 Å². The molecule has 0 aliphatic heterocycles. The van der Waals surface area contributed by atoms with Crippen molar-refractivity contribution in [3.05, 3.63) is 78.1 Å². The van der Waals surface area contributed by atoms with Gasteiger partial charge in [0.1, 0.15) is 23.4 Å². The predicted molar refractivity (Wildman–Crippen MR) is 114 cm³/mol. The molecule has 1 N–H and O–H groups in total. The lowest BCUT2D eigenvalue weighted by molar-refractivity contribution is -0.121. The largest absolute Gasteiger partial charge is 0.496 e. The zero-order chi connectivity index (χ0) is 22.6. The van der Waals surface area contributed by atoms with Crippen molar-refractivity contribution in [3.8, 4) is 5.75 Å². The number of carbonyl (C=O) groups is 1. The lowest BCUT2D eigenvalue weighted by atomic mass is 10.0. The van der Waals surface area contributed by atoms with Gasteiger partial charge in [-0.1, -0.05) is 18.2 Å². The van der Waals surface area contributed by atoms with E-state index in [0.717, 1.165) is 12.1 Å². The minimum atomic E-state index is -3.80. The van der Waals surface area contributed by atoms with E-state index >= 15 is 0 Å². The number of nitrogens with one attached hydrogen (secondary N) is 1. The fraction of sp³-hybridized carbons (Fsp3) is 0.273. The van der Waals surface area contributed by atoms with Gasteiger partial charge in [0, 0.05) is 31.4 Å². The first-order valence-electron chi connectivity index (χ1n) is 9.63. The highest BCUT2D eigenvalue weighted by atomic mass is 32.2. The molecule has 3 aromatic rings. The third-order valence-corrected chi connectivity index (χ3v) is 7.17. The molecule has 2 atom stereocenters. The lowest BCUT2D eigenvalue weighted by Crippen LogP contribution is -2.34. The first-order valence-corrected chi connectivity index (χ1v) is 11.2. The molecular formula is C22H24FN3O4S. The van der Waals surface area contributed by atoms with Gasteiger partial charge in [0.15, 0.2) is 9.84 Å². The number of aryl methyl sites for hydroxylation is 1. The van der Waals surface area contributed by atoms with E-state index in [-0.39, 0.29) is 11.3 Å². The second kappa shape index (κ2) is 9.30. The van der Waals surface area contributed by atoms with Crippen LogP contribution in [0.25, 0.3) is 0 Å². The Morgan fingerprint density at radius 3 is 2.48 bits per heavy atom. The van der Waals surface area contributed by atoms with Crippen molar-refractivity contribution in [1.29, 1.82) is 0 Å². The summed E-state index contributed by atoms with van der Waals surface area (Å²) in [4.78, 5) is 17.2. The summed E-state index contributed by atoms with van der Waals surface area (Å²) in [6.45, 7) is 1.46. The van der Waals surface area contributed by atoms with Crippen LogP contribution in [0.2, 0.25) is 0 Å². The normalized spacial score (nSPS) is 13.4. The average molecular weight is 446 g/mol. The molecule has 0 saturated heterocycles. The van der Waals surface area contributed by atoms with Crippen molar-refractivity contribution in [2.24, 2.45) is 7.05 Å². The second-order valence-electron chi connectivity index (χ2n) is 7.15. The van der Waals surface area contributed by atoms with Crippen LogP contribution in [0.3, 0.4) is 0 Å². The number of benzene rings is 2. The number of hydrogen-bond donors (Lipinski definition) is 1. The van der Waals surface area contributed by atoms with Crippen molar-refractivity contribution >= 4 is 15.7 Å². The van der Waals surface area contributed by atoms with Crippen LogP contribution < -0.4 is 10.1 Å². The van der Waals surface area contributed by atoms with Gasteiger partial charge in [-0.15, -0.1) is 0 Å². The Kier molecular flexibility index (Phi) is 6.74. The Balaban J connectivity index is 1.84. The number of methoxy groups -OCH3 is 1. The molecule has 9 heteroatoms. The SMILES string of the molecule is COc1ccccc1C(NC(=O)CC(C)S(=O)(=O)c1ccc(F)cc1)c1nccn1C. The summed E-state index contributed by atoms with van der Waals surface area (Å²) in [6.07, 6.45) is 3.10.